The SMILES string of the molecule is N#Cc1cccc(C(=O)NC(C(=O)O)c2ccccc2)c1. The van der Waals surface area contributed by atoms with Crippen molar-refractivity contribution in [1.29, 1.82) is 5.26 Å². The predicted molar refractivity (Wildman–Crippen MR) is 75.4 cm³/mol. The Labute approximate surface area is 121 Å². The Morgan fingerprint density at radius 3 is 2.43 bits per heavy atom. The zero-order chi connectivity index (χ0) is 15.2. The molecular weight excluding hydrogens is 268 g/mol. The van der Waals surface area contributed by atoms with Gasteiger partial charge in [-0.1, -0.05) is 36.4 Å². The zero-order valence-corrected chi connectivity index (χ0v) is 11.0. The average molecular weight is 280 g/mol. The maximum absolute atomic E-state index is 12.1. The van der Waals surface area contributed by atoms with Gasteiger partial charge in [0.05, 0.1) is 11.6 Å². The molecule has 0 aliphatic carbocycles. The van der Waals surface area contributed by atoms with Crippen LogP contribution in [-0.2, 0) is 4.79 Å². The summed E-state index contributed by atoms with van der Waals surface area (Å²) < 4.78 is 0. The van der Waals surface area contributed by atoms with Crippen LogP contribution >= 0.6 is 0 Å². The Hall–Kier alpha value is -3.13. The number of carbonyl (C=O) groups is 2. The van der Waals surface area contributed by atoms with E-state index in [2.05, 4.69) is 5.32 Å². The highest BCUT2D eigenvalue weighted by Crippen LogP contribution is 2.14. The number of aliphatic carboxylic acids is 1. The van der Waals surface area contributed by atoms with Crippen molar-refractivity contribution in [2.24, 2.45) is 0 Å². The lowest BCUT2D eigenvalue weighted by Crippen LogP contribution is -2.33. The van der Waals surface area contributed by atoms with Crippen LogP contribution in [-0.4, -0.2) is 17.0 Å². The lowest BCUT2D eigenvalue weighted by atomic mass is 10.1. The fourth-order valence-electron chi connectivity index (χ4n) is 1.88. The molecule has 2 aromatic carbocycles. The number of amides is 1. The number of hydrogen-bond acceptors (Lipinski definition) is 3. The van der Waals surface area contributed by atoms with Crippen LogP contribution in [0.4, 0.5) is 0 Å². The van der Waals surface area contributed by atoms with Crippen LogP contribution in [0.2, 0.25) is 0 Å². The van der Waals surface area contributed by atoms with E-state index in [1.165, 1.54) is 12.1 Å². The number of benzene rings is 2. The van der Waals surface area contributed by atoms with Crippen LogP contribution < -0.4 is 5.32 Å². The minimum atomic E-state index is -1.15. The summed E-state index contributed by atoms with van der Waals surface area (Å²) in [7, 11) is 0. The number of carboxylic acids is 1. The number of carbonyl (C=O) groups excluding carboxylic acids is 1. The third-order valence-corrected chi connectivity index (χ3v) is 2.91. The molecule has 0 fully saturated rings. The number of nitrogens with zero attached hydrogens (tertiary/aromatic N) is 1. The first-order valence-corrected chi connectivity index (χ1v) is 6.20. The van der Waals surface area contributed by atoms with E-state index >= 15 is 0 Å². The van der Waals surface area contributed by atoms with Gasteiger partial charge in [-0.25, -0.2) is 4.79 Å². The minimum absolute atomic E-state index is 0.247. The molecule has 1 amide bonds. The fourth-order valence-corrected chi connectivity index (χ4v) is 1.88. The summed E-state index contributed by atoms with van der Waals surface area (Å²) in [5, 5.41) is 20.5. The summed E-state index contributed by atoms with van der Waals surface area (Å²) in [5.41, 5.74) is 1.07. The van der Waals surface area contributed by atoms with Crippen LogP contribution in [0, 0.1) is 11.3 Å². The summed E-state index contributed by atoms with van der Waals surface area (Å²) in [6, 6.07) is 15.3. The van der Waals surface area contributed by atoms with Gasteiger partial charge < -0.3 is 10.4 Å². The first-order chi connectivity index (χ1) is 10.1. The average Bonchev–Trinajstić information content (AvgIpc) is 2.53. The van der Waals surface area contributed by atoms with Crippen LogP contribution in [0.25, 0.3) is 0 Å². The number of nitriles is 1. The molecule has 2 rings (SSSR count). The molecular formula is C16H12N2O3. The molecule has 21 heavy (non-hydrogen) atoms. The summed E-state index contributed by atoms with van der Waals surface area (Å²) in [4.78, 5) is 23.4. The van der Waals surface area contributed by atoms with Gasteiger partial charge in [0.15, 0.2) is 6.04 Å². The monoisotopic (exact) mass is 280 g/mol. The van der Waals surface area contributed by atoms with E-state index in [0.717, 1.165) is 0 Å². The van der Waals surface area contributed by atoms with Crippen molar-refractivity contribution in [2.45, 2.75) is 6.04 Å². The van der Waals surface area contributed by atoms with Gasteiger partial charge in [-0.15, -0.1) is 0 Å². The molecule has 0 heterocycles. The van der Waals surface area contributed by atoms with Gasteiger partial charge in [0.25, 0.3) is 5.91 Å². The lowest BCUT2D eigenvalue weighted by Gasteiger charge is -2.15. The van der Waals surface area contributed by atoms with Gasteiger partial charge in [-0.05, 0) is 23.8 Å². The maximum Gasteiger partial charge on any atom is 0.330 e. The van der Waals surface area contributed by atoms with Gasteiger partial charge in [0, 0.05) is 5.56 Å². The predicted octanol–water partition coefficient (Wildman–Crippen LogP) is 2.11. The normalized spacial score (nSPS) is 11.2. The van der Waals surface area contributed by atoms with Crippen molar-refractivity contribution >= 4 is 11.9 Å². The Balaban J connectivity index is 2.23. The maximum atomic E-state index is 12.1. The van der Waals surface area contributed by atoms with Gasteiger partial charge in [-0.3, -0.25) is 4.79 Å². The molecule has 2 N–H and O–H groups in total. The van der Waals surface area contributed by atoms with Crippen molar-refractivity contribution in [2.75, 3.05) is 0 Å². The summed E-state index contributed by atoms with van der Waals surface area (Å²) in [6.45, 7) is 0. The fraction of sp³-hybridized carbons (Fsp3) is 0.0625. The highest BCUT2D eigenvalue weighted by molar-refractivity contribution is 5.97. The van der Waals surface area contributed by atoms with Crippen LogP contribution in [0.5, 0.6) is 0 Å². The molecule has 0 saturated heterocycles. The van der Waals surface area contributed by atoms with Gasteiger partial charge in [0.2, 0.25) is 0 Å². The van der Waals surface area contributed by atoms with Crippen molar-refractivity contribution < 1.29 is 14.7 Å². The Kier molecular flexibility index (Phi) is 4.32. The first kappa shape index (κ1) is 14.3. The van der Waals surface area contributed by atoms with Gasteiger partial charge >= 0.3 is 5.97 Å². The number of carboxylic acid groups (broad SMARTS) is 1. The van der Waals surface area contributed by atoms with E-state index in [9.17, 15) is 14.7 Å². The number of rotatable bonds is 4. The van der Waals surface area contributed by atoms with Crippen molar-refractivity contribution in [1.82, 2.24) is 5.32 Å². The molecule has 104 valence electrons. The number of nitrogens with one attached hydrogen (secondary N) is 1. The minimum Gasteiger partial charge on any atom is -0.479 e. The van der Waals surface area contributed by atoms with E-state index in [0.29, 0.717) is 11.1 Å². The van der Waals surface area contributed by atoms with Crippen molar-refractivity contribution in [3.05, 3.63) is 71.3 Å². The standard InChI is InChI=1S/C16H12N2O3/c17-10-11-5-4-8-13(9-11)15(19)18-14(16(20)21)12-6-2-1-3-7-12/h1-9,14H,(H,18,19)(H,20,21). The molecule has 5 heteroatoms. The first-order valence-electron chi connectivity index (χ1n) is 6.20. The molecule has 0 aliphatic rings. The third kappa shape index (κ3) is 3.45. The largest absolute Gasteiger partial charge is 0.479 e. The van der Waals surface area contributed by atoms with E-state index in [-0.39, 0.29) is 5.56 Å². The summed E-state index contributed by atoms with van der Waals surface area (Å²) >= 11 is 0. The topological polar surface area (TPSA) is 90.2 Å². The molecule has 0 saturated carbocycles. The quantitative estimate of drug-likeness (QED) is 0.897. The van der Waals surface area contributed by atoms with Crippen LogP contribution in [0.15, 0.2) is 54.6 Å². The van der Waals surface area contributed by atoms with E-state index in [1.54, 1.807) is 42.5 Å². The lowest BCUT2D eigenvalue weighted by molar-refractivity contribution is -0.139. The second-order valence-corrected chi connectivity index (χ2v) is 4.35. The molecule has 0 aromatic heterocycles. The summed E-state index contributed by atoms with van der Waals surface area (Å²) in [6.07, 6.45) is 0. The molecule has 0 spiro atoms. The Morgan fingerprint density at radius 2 is 1.81 bits per heavy atom. The van der Waals surface area contributed by atoms with Crippen LogP contribution in [0.1, 0.15) is 27.5 Å². The molecule has 1 unspecified atom stereocenters. The molecule has 5 nitrogen and oxygen atoms in total. The van der Waals surface area contributed by atoms with E-state index in [1.807, 2.05) is 6.07 Å². The molecule has 0 bridgehead atoms. The molecule has 1 atom stereocenters. The Bertz CT molecular complexity index is 705. The molecule has 2 aromatic rings. The van der Waals surface area contributed by atoms with Gasteiger partial charge in [-0.2, -0.15) is 5.26 Å². The second-order valence-electron chi connectivity index (χ2n) is 4.35. The van der Waals surface area contributed by atoms with Crippen molar-refractivity contribution in [3.8, 4) is 6.07 Å². The van der Waals surface area contributed by atoms with Crippen LogP contribution in [0.3, 0.4) is 0 Å². The van der Waals surface area contributed by atoms with E-state index in [4.69, 9.17) is 5.26 Å². The number of hydrogen-bond donors (Lipinski definition) is 2. The highest BCUT2D eigenvalue weighted by atomic mass is 16.4. The third-order valence-electron chi connectivity index (χ3n) is 2.91. The zero-order valence-electron chi connectivity index (χ0n) is 11.0. The molecule has 0 radical (unpaired) electrons. The van der Waals surface area contributed by atoms with Crippen molar-refractivity contribution in [3.63, 3.8) is 0 Å². The van der Waals surface area contributed by atoms with Gasteiger partial charge in [0.1, 0.15) is 0 Å². The van der Waals surface area contributed by atoms with E-state index < -0.39 is 17.9 Å². The highest BCUT2D eigenvalue weighted by Gasteiger charge is 2.22. The second kappa shape index (κ2) is 6.35. The summed E-state index contributed by atoms with van der Waals surface area (Å²) in [5.74, 6) is -1.69. The molecule has 0 aliphatic heterocycles. The smallest absolute Gasteiger partial charge is 0.330 e. The Morgan fingerprint density at radius 1 is 1.10 bits per heavy atom.